The standard InChI is InChI=1S/C23H19F2N3O2/c1-15-18(14-26(2)3)22(29)28(23(30)27(15)4)21-19(24)12-17(13-20(21)25)11-10-16-8-6-5-7-9-16/h5-9,12-14H,1H2,2-4H3/b18-14+. The maximum atomic E-state index is 14.9. The van der Waals surface area contributed by atoms with Crippen LogP contribution in [0.2, 0.25) is 0 Å². The molecular formula is C23H19F2N3O2. The number of aromatic nitrogens is 2. The van der Waals surface area contributed by atoms with Gasteiger partial charge in [-0.25, -0.2) is 18.1 Å². The highest BCUT2D eigenvalue weighted by atomic mass is 19.1. The zero-order chi connectivity index (χ0) is 22.0. The van der Waals surface area contributed by atoms with Crippen molar-refractivity contribution < 1.29 is 8.78 Å². The first-order valence-corrected chi connectivity index (χ1v) is 8.96. The monoisotopic (exact) mass is 407 g/mol. The molecule has 7 heteroatoms. The molecule has 152 valence electrons. The summed E-state index contributed by atoms with van der Waals surface area (Å²) in [7, 11) is 4.73. The normalized spacial score (nSPS) is 11.2. The lowest BCUT2D eigenvalue weighted by Gasteiger charge is -2.12. The smallest absolute Gasteiger partial charge is 0.336 e. The first kappa shape index (κ1) is 20.8. The van der Waals surface area contributed by atoms with E-state index < -0.39 is 28.6 Å². The molecule has 0 aliphatic heterocycles. The maximum absolute atomic E-state index is 14.9. The van der Waals surface area contributed by atoms with Crippen LogP contribution in [-0.2, 0) is 7.05 Å². The van der Waals surface area contributed by atoms with Gasteiger partial charge in [-0.1, -0.05) is 36.6 Å². The van der Waals surface area contributed by atoms with Crippen LogP contribution in [-0.4, -0.2) is 28.1 Å². The third-order valence-electron chi connectivity index (χ3n) is 4.38. The fourth-order valence-electron chi connectivity index (χ4n) is 2.88. The Morgan fingerprint density at radius 1 is 1.00 bits per heavy atom. The number of rotatable bonds is 2. The number of nitrogens with zero attached hydrogens (tertiary/aromatic N) is 3. The highest BCUT2D eigenvalue weighted by Gasteiger charge is 2.19. The van der Waals surface area contributed by atoms with Crippen molar-refractivity contribution in [1.29, 1.82) is 0 Å². The summed E-state index contributed by atoms with van der Waals surface area (Å²) in [5.41, 5.74) is -1.75. The van der Waals surface area contributed by atoms with E-state index in [0.29, 0.717) is 10.1 Å². The van der Waals surface area contributed by atoms with Crippen molar-refractivity contribution in [3.63, 3.8) is 0 Å². The van der Waals surface area contributed by atoms with Gasteiger partial charge in [0.15, 0.2) is 11.6 Å². The fraction of sp³-hybridized carbons (Fsp3) is 0.130. The Balaban J connectivity index is 2.25. The van der Waals surface area contributed by atoms with Crippen LogP contribution < -0.4 is 21.8 Å². The summed E-state index contributed by atoms with van der Waals surface area (Å²) in [6.45, 7) is 3.73. The number of hydrogen-bond donors (Lipinski definition) is 0. The van der Waals surface area contributed by atoms with Crippen LogP contribution in [0.3, 0.4) is 0 Å². The van der Waals surface area contributed by atoms with Crippen LogP contribution >= 0.6 is 0 Å². The molecule has 0 atom stereocenters. The van der Waals surface area contributed by atoms with E-state index >= 15 is 0 Å². The summed E-state index contributed by atoms with van der Waals surface area (Å²) < 4.78 is 31.3. The van der Waals surface area contributed by atoms with Gasteiger partial charge in [0.25, 0.3) is 5.56 Å². The minimum atomic E-state index is -1.07. The Bertz CT molecular complexity index is 1390. The van der Waals surface area contributed by atoms with Gasteiger partial charge in [-0.15, -0.1) is 0 Å². The summed E-state index contributed by atoms with van der Waals surface area (Å²) in [5.74, 6) is 3.35. The summed E-state index contributed by atoms with van der Waals surface area (Å²) in [6, 6.07) is 10.9. The van der Waals surface area contributed by atoms with Crippen LogP contribution in [0, 0.1) is 23.5 Å². The van der Waals surface area contributed by atoms with E-state index in [1.165, 1.54) is 13.2 Å². The summed E-state index contributed by atoms with van der Waals surface area (Å²) in [5, 5.41) is 0.190. The van der Waals surface area contributed by atoms with Crippen LogP contribution in [0.15, 0.2) is 52.1 Å². The number of hydrogen-bond acceptors (Lipinski definition) is 3. The highest BCUT2D eigenvalue weighted by Crippen LogP contribution is 2.17. The predicted octanol–water partition coefficient (Wildman–Crippen LogP) is 0.924. The van der Waals surface area contributed by atoms with Crippen molar-refractivity contribution in [3.05, 3.63) is 96.6 Å². The second-order valence-corrected chi connectivity index (χ2v) is 6.84. The molecule has 1 heterocycles. The molecule has 3 rings (SSSR count). The summed E-state index contributed by atoms with van der Waals surface area (Å²) in [6.07, 6.45) is 1.44. The lowest BCUT2D eigenvalue weighted by molar-refractivity contribution is 0.553. The van der Waals surface area contributed by atoms with Crippen molar-refractivity contribution >= 4 is 12.8 Å². The van der Waals surface area contributed by atoms with Crippen molar-refractivity contribution in [2.45, 2.75) is 0 Å². The lowest BCUT2D eigenvalue weighted by atomic mass is 10.1. The van der Waals surface area contributed by atoms with Crippen molar-refractivity contribution in [2.75, 3.05) is 14.1 Å². The molecule has 0 radical (unpaired) electrons. The molecule has 0 unspecified atom stereocenters. The van der Waals surface area contributed by atoms with E-state index in [1.807, 2.05) is 6.07 Å². The number of halogens is 2. The van der Waals surface area contributed by atoms with Gasteiger partial charge in [0, 0.05) is 38.5 Å². The summed E-state index contributed by atoms with van der Waals surface area (Å²) >= 11 is 0. The molecule has 0 spiro atoms. The molecule has 0 aliphatic rings. The van der Waals surface area contributed by atoms with Crippen LogP contribution in [0.25, 0.3) is 18.5 Å². The molecule has 3 aromatic rings. The van der Waals surface area contributed by atoms with Crippen molar-refractivity contribution in [3.8, 4) is 17.5 Å². The molecule has 0 amide bonds. The molecule has 0 fully saturated rings. The van der Waals surface area contributed by atoms with Crippen molar-refractivity contribution in [1.82, 2.24) is 14.0 Å². The van der Waals surface area contributed by atoms with Crippen LogP contribution in [0.4, 0.5) is 8.78 Å². The van der Waals surface area contributed by atoms with E-state index in [-0.39, 0.29) is 16.1 Å². The fourth-order valence-corrected chi connectivity index (χ4v) is 2.88. The van der Waals surface area contributed by atoms with E-state index in [2.05, 4.69) is 18.4 Å². The largest absolute Gasteiger partial charge is 0.383 e. The van der Waals surface area contributed by atoms with E-state index in [9.17, 15) is 18.4 Å². The lowest BCUT2D eigenvalue weighted by Crippen LogP contribution is -2.57. The van der Waals surface area contributed by atoms with Crippen LogP contribution in [0.1, 0.15) is 11.1 Å². The highest BCUT2D eigenvalue weighted by molar-refractivity contribution is 5.47. The van der Waals surface area contributed by atoms with Gasteiger partial charge in [0.1, 0.15) is 5.69 Å². The molecular weight excluding hydrogens is 388 g/mol. The van der Waals surface area contributed by atoms with Gasteiger partial charge in [-0.2, -0.15) is 0 Å². The third kappa shape index (κ3) is 3.94. The molecule has 2 aromatic carbocycles. The van der Waals surface area contributed by atoms with Crippen LogP contribution in [0.5, 0.6) is 0 Å². The Morgan fingerprint density at radius 3 is 2.13 bits per heavy atom. The molecule has 30 heavy (non-hydrogen) atoms. The minimum absolute atomic E-state index is 0.0499. The Labute approximate surface area is 171 Å². The molecule has 0 saturated heterocycles. The van der Waals surface area contributed by atoms with E-state index in [1.54, 1.807) is 43.3 Å². The molecule has 5 nitrogen and oxygen atoms in total. The Kier molecular flexibility index (Phi) is 5.70. The average molecular weight is 407 g/mol. The molecule has 0 saturated carbocycles. The summed E-state index contributed by atoms with van der Waals surface area (Å²) in [4.78, 5) is 27.1. The first-order valence-electron chi connectivity index (χ1n) is 8.96. The van der Waals surface area contributed by atoms with Crippen molar-refractivity contribution in [2.24, 2.45) is 7.05 Å². The van der Waals surface area contributed by atoms with Gasteiger partial charge in [0.05, 0.1) is 10.6 Å². The quantitative estimate of drug-likeness (QED) is 0.594. The van der Waals surface area contributed by atoms with Gasteiger partial charge in [-0.05, 0) is 24.3 Å². The minimum Gasteiger partial charge on any atom is -0.383 e. The molecule has 0 aliphatic carbocycles. The second kappa shape index (κ2) is 8.21. The molecule has 0 N–H and O–H groups in total. The Morgan fingerprint density at radius 2 is 1.57 bits per heavy atom. The third-order valence-corrected chi connectivity index (χ3v) is 4.38. The van der Waals surface area contributed by atoms with Gasteiger partial charge in [0.2, 0.25) is 0 Å². The Hall–Kier alpha value is -3.92. The van der Waals surface area contributed by atoms with E-state index in [4.69, 9.17) is 0 Å². The van der Waals surface area contributed by atoms with Gasteiger partial charge < -0.3 is 4.90 Å². The zero-order valence-corrected chi connectivity index (χ0v) is 16.7. The second-order valence-electron chi connectivity index (χ2n) is 6.84. The predicted molar refractivity (Wildman–Crippen MR) is 113 cm³/mol. The van der Waals surface area contributed by atoms with E-state index in [0.717, 1.165) is 16.7 Å². The number of benzene rings is 2. The van der Waals surface area contributed by atoms with Gasteiger partial charge >= 0.3 is 5.69 Å². The topological polar surface area (TPSA) is 47.2 Å². The molecule has 1 aromatic heterocycles. The SMILES string of the molecule is C=c1/c(=C\N(C)C)c(=O)n(-c2c(F)cc(C#Cc3ccccc3)cc2F)c(=O)n1C. The zero-order valence-electron chi connectivity index (χ0n) is 16.7. The first-order chi connectivity index (χ1) is 14.2. The average Bonchev–Trinajstić information content (AvgIpc) is 2.70. The maximum Gasteiger partial charge on any atom is 0.336 e. The van der Waals surface area contributed by atoms with Gasteiger partial charge in [-0.3, -0.25) is 9.36 Å². The molecule has 0 bridgehead atoms.